The van der Waals surface area contributed by atoms with Gasteiger partial charge in [0.05, 0.1) is 6.42 Å². The van der Waals surface area contributed by atoms with E-state index < -0.39 is 18.1 Å². The lowest BCUT2D eigenvalue weighted by Gasteiger charge is -2.21. The van der Waals surface area contributed by atoms with E-state index in [0.29, 0.717) is 5.92 Å². The Morgan fingerprint density at radius 2 is 1.66 bits per heavy atom. The quantitative estimate of drug-likeness (QED) is 0.428. The normalized spacial score (nSPS) is 16.0. The van der Waals surface area contributed by atoms with Gasteiger partial charge in [-0.2, -0.15) is 0 Å². The van der Waals surface area contributed by atoms with Crippen molar-refractivity contribution in [3.05, 3.63) is 59.7 Å². The van der Waals surface area contributed by atoms with Crippen LogP contribution in [0.15, 0.2) is 48.5 Å². The molecular formula is C27H32N2O6. The number of ether oxygens (including phenoxy) is 2. The van der Waals surface area contributed by atoms with Gasteiger partial charge in [-0.05, 0) is 46.9 Å². The molecule has 4 rings (SSSR count). The Morgan fingerprint density at radius 1 is 1.03 bits per heavy atom. The van der Waals surface area contributed by atoms with E-state index in [1.807, 2.05) is 36.4 Å². The maximum Gasteiger partial charge on any atom is 0.407 e. The van der Waals surface area contributed by atoms with Crippen LogP contribution < -0.4 is 10.6 Å². The van der Waals surface area contributed by atoms with Crippen LogP contribution in [0.2, 0.25) is 0 Å². The van der Waals surface area contributed by atoms with E-state index >= 15 is 0 Å². The fraction of sp³-hybridized carbons (Fsp3) is 0.444. The van der Waals surface area contributed by atoms with Gasteiger partial charge in [0.15, 0.2) is 0 Å². The van der Waals surface area contributed by atoms with Gasteiger partial charge in [0, 0.05) is 32.6 Å². The van der Waals surface area contributed by atoms with E-state index in [0.717, 1.165) is 35.1 Å². The van der Waals surface area contributed by atoms with Gasteiger partial charge in [-0.25, -0.2) is 4.79 Å². The molecule has 0 aliphatic heterocycles. The highest BCUT2D eigenvalue weighted by Gasteiger charge is 2.34. The van der Waals surface area contributed by atoms with Crippen molar-refractivity contribution in [1.29, 1.82) is 0 Å². The van der Waals surface area contributed by atoms with Crippen LogP contribution >= 0.6 is 0 Å². The minimum Gasteiger partial charge on any atom is -0.481 e. The van der Waals surface area contributed by atoms with Crippen molar-refractivity contribution >= 4 is 18.0 Å². The molecular weight excluding hydrogens is 448 g/mol. The van der Waals surface area contributed by atoms with Crippen LogP contribution in [0.4, 0.5) is 4.79 Å². The molecule has 2 aromatic rings. The Labute approximate surface area is 205 Å². The van der Waals surface area contributed by atoms with Crippen LogP contribution in [0, 0.1) is 11.8 Å². The van der Waals surface area contributed by atoms with Crippen molar-refractivity contribution in [1.82, 2.24) is 10.6 Å². The van der Waals surface area contributed by atoms with E-state index in [4.69, 9.17) is 14.6 Å². The summed E-state index contributed by atoms with van der Waals surface area (Å²) in [5.41, 5.74) is 4.50. The van der Waals surface area contributed by atoms with Crippen molar-refractivity contribution < 1.29 is 29.0 Å². The summed E-state index contributed by atoms with van der Waals surface area (Å²) in [4.78, 5) is 36.6. The summed E-state index contributed by atoms with van der Waals surface area (Å²) in [5.74, 6) is -1.09. The number of hydrogen-bond donors (Lipinski definition) is 3. The van der Waals surface area contributed by atoms with Crippen LogP contribution in [-0.4, -0.2) is 56.0 Å². The van der Waals surface area contributed by atoms with Gasteiger partial charge in [0.2, 0.25) is 5.91 Å². The molecule has 2 aliphatic rings. The fourth-order valence-electron chi connectivity index (χ4n) is 4.84. The second-order valence-corrected chi connectivity index (χ2v) is 9.24. The number of hydrogen-bond acceptors (Lipinski definition) is 5. The number of benzene rings is 2. The summed E-state index contributed by atoms with van der Waals surface area (Å²) in [6, 6.07) is 15.3. The number of nitrogens with one attached hydrogen (secondary N) is 2. The molecule has 0 heterocycles. The molecule has 2 aromatic carbocycles. The Balaban J connectivity index is 1.34. The molecule has 3 N–H and O–H groups in total. The largest absolute Gasteiger partial charge is 0.481 e. The van der Waals surface area contributed by atoms with Gasteiger partial charge >= 0.3 is 12.1 Å². The zero-order chi connectivity index (χ0) is 24.8. The topological polar surface area (TPSA) is 114 Å². The first kappa shape index (κ1) is 24.7. The SMILES string of the molecule is COCCC(NC(=O)OCC1c2ccccc2-c2ccccc21)C(=O)NCC(CC(=O)O)C1CC1. The van der Waals surface area contributed by atoms with Gasteiger partial charge in [0.1, 0.15) is 12.6 Å². The zero-order valence-electron chi connectivity index (χ0n) is 19.9. The third-order valence-electron chi connectivity index (χ3n) is 6.83. The van der Waals surface area contributed by atoms with E-state index in [2.05, 4.69) is 22.8 Å². The van der Waals surface area contributed by atoms with Crippen molar-refractivity contribution in [2.24, 2.45) is 11.8 Å². The number of fused-ring (bicyclic) bond motifs is 3. The van der Waals surface area contributed by atoms with Crippen molar-refractivity contribution in [2.75, 3.05) is 26.9 Å². The molecule has 0 bridgehead atoms. The standard InChI is InChI=1S/C27H32N2O6/c1-34-13-12-24(26(32)28-15-18(14-25(30)31)17-10-11-17)29-27(33)35-16-23-21-8-4-2-6-19(21)20-7-3-5-9-22(20)23/h2-9,17-18,23-24H,10-16H2,1H3,(H,28,32)(H,29,33)(H,30,31). The summed E-state index contributed by atoms with van der Waals surface area (Å²) in [5, 5.41) is 14.6. The highest BCUT2D eigenvalue weighted by atomic mass is 16.5. The molecule has 8 heteroatoms. The number of methoxy groups -OCH3 is 1. The summed E-state index contributed by atoms with van der Waals surface area (Å²) in [7, 11) is 1.53. The van der Waals surface area contributed by atoms with Crippen LogP contribution in [0.3, 0.4) is 0 Å². The first-order chi connectivity index (χ1) is 17.0. The minimum atomic E-state index is -0.871. The highest BCUT2D eigenvalue weighted by Crippen LogP contribution is 2.44. The van der Waals surface area contributed by atoms with Crippen molar-refractivity contribution in [2.45, 2.75) is 37.6 Å². The van der Waals surface area contributed by atoms with E-state index in [9.17, 15) is 14.4 Å². The average Bonchev–Trinajstić information content (AvgIpc) is 3.65. The number of amides is 2. The summed E-state index contributed by atoms with van der Waals surface area (Å²) >= 11 is 0. The molecule has 2 atom stereocenters. The smallest absolute Gasteiger partial charge is 0.407 e. The van der Waals surface area contributed by atoms with E-state index in [1.54, 1.807) is 0 Å². The Hall–Kier alpha value is -3.39. The molecule has 2 aliphatic carbocycles. The monoisotopic (exact) mass is 480 g/mol. The Bertz CT molecular complexity index is 1020. The van der Waals surface area contributed by atoms with Gasteiger partial charge < -0.3 is 25.2 Å². The minimum absolute atomic E-state index is 0.0213. The number of carboxylic acids is 1. The van der Waals surface area contributed by atoms with Crippen molar-refractivity contribution in [3.63, 3.8) is 0 Å². The molecule has 35 heavy (non-hydrogen) atoms. The predicted molar refractivity (Wildman–Crippen MR) is 130 cm³/mol. The lowest BCUT2D eigenvalue weighted by atomic mass is 9.98. The van der Waals surface area contributed by atoms with Gasteiger partial charge in [0.25, 0.3) is 0 Å². The molecule has 0 spiro atoms. The number of rotatable bonds is 12. The molecule has 0 aromatic heterocycles. The maximum atomic E-state index is 12.8. The van der Waals surface area contributed by atoms with E-state index in [1.165, 1.54) is 7.11 Å². The first-order valence-electron chi connectivity index (χ1n) is 12.1. The Morgan fingerprint density at radius 3 is 2.23 bits per heavy atom. The fourth-order valence-corrected chi connectivity index (χ4v) is 4.84. The Kier molecular flexibility index (Phi) is 8.02. The van der Waals surface area contributed by atoms with Crippen molar-refractivity contribution in [3.8, 4) is 11.1 Å². The molecule has 1 saturated carbocycles. The molecule has 186 valence electrons. The van der Waals surface area contributed by atoms with Crippen LogP contribution in [0.1, 0.15) is 42.7 Å². The molecule has 2 amide bonds. The molecule has 2 unspecified atom stereocenters. The van der Waals surface area contributed by atoms with Crippen LogP contribution in [0.25, 0.3) is 11.1 Å². The summed E-state index contributed by atoms with van der Waals surface area (Å²) in [6.45, 7) is 0.704. The molecule has 0 saturated heterocycles. The number of aliphatic carboxylic acids is 1. The highest BCUT2D eigenvalue weighted by molar-refractivity contribution is 5.85. The lowest BCUT2D eigenvalue weighted by molar-refractivity contribution is -0.138. The predicted octanol–water partition coefficient (Wildman–Crippen LogP) is 3.55. The molecule has 1 fully saturated rings. The lowest BCUT2D eigenvalue weighted by Crippen LogP contribution is -2.48. The molecule has 8 nitrogen and oxygen atoms in total. The van der Waals surface area contributed by atoms with Gasteiger partial charge in [-0.3, -0.25) is 9.59 Å². The van der Waals surface area contributed by atoms with Gasteiger partial charge in [-0.1, -0.05) is 48.5 Å². The zero-order valence-corrected chi connectivity index (χ0v) is 19.9. The third kappa shape index (κ3) is 6.19. The average molecular weight is 481 g/mol. The maximum absolute atomic E-state index is 12.8. The third-order valence-corrected chi connectivity index (χ3v) is 6.83. The van der Waals surface area contributed by atoms with Gasteiger partial charge in [-0.15, -0.1) is 0 Å². The molecule has 0 radical (unpaired) electrons. The number of carbonyl (C=O) groups excluding carboxylic acids is 2. The van der Waals surface area contributed by atoms with E-state index in [-0.39, 0.29) is 50.3 Å². The van der Waals surface area contributed by atoms with Crippen LogP contribution in [-0.2, 0) is 19.1 Å². The summed E-state index contributed by atoms with van der Waals surface area (Å²) < 4.78 is 10.7. The second kappa shape index (κ2) is 11.4. The number of carbonyl (C=O) groups is 3. The summed E-state index contributed by atoms with van der Waals surface area (Å²) in [6.07, 6.45) is 1.60. The first-order valence-corrected chi connectivity index (χ1v) is 12.1. The second-order valence-electron chi connectivity index (χ2n) is 9.24. The number of carboxylic acid groups (broad SMARTS) is 1. The number of alkyl carbamates (subject to hydrolysis) is 1. The van der Waals surface area contributed by atoms with Crippen LogP contribution in [0.5, 0.6) is 0 Å².